The van der Waals surface area contributed by atoms with Crippen molar-refractivity contribution in [1.29, 1.82) is 0 Å². The van der Waals surface area contributed by atoms with Gasteiger partial charge in [-0.3, -0.25) is 4.79 Å². The van der Waals surface area contributed by atoms with Crippen molar-refractivity contribution in [2.24, 2.45) is 11.7 Å². The number of halogens is 1. The molecule has 0 aliphatic heterocycles. The Morgan fingerprint density at radius 1 is 1.19 bits per heavy atom. The van der Waals surface area contributed by atoms with E-state index >= 15 is 0 Å². The van der Waals surface area contributed by atoms with Crippen molar-refractivity contribution in [3.63, 3.8) is 0 Å². The smallest absolute Gasteiger partial charge is 0.251 e. The minimum Gasteiger partial charge on any atom is -0.349 e. The van der Waals surface area contributed by atoms with Gasteiger partial charge in [-0.05, 0) is 49.3 Å². The van der Waals surface area contributed by atoms with Crippen LogP contribution in [0.15, 0.2) is 24.3 Å². The van der Waals surface area contributed by atoms with E-state index in [4.69, 9.17) is 5.73 Å². The second-order valence-electron chi connectivity index (χ2n) is 5.88. The van der Waals surface area contributed by atoms with Gasteiger partial charge in [0.25, 0.3) is 5.91 Å². The molecule has 0 spiro atoms. The van der Waals surface area contributed by atoms with Gasteiger partial charge < -0.3 is 11.1 Å². The highest BCUT2D eigenvalue weighted by atomic mass is 35.5. The molecule has 1 fully saturated rings. The van der Waals surface area contributed by atoms with Gasteiger partial charge in [0.2, 0.25) is 0 Å². The lowest BCUT2D eigenvalue weighted by Gasteiger charge is -2.29. The fraction of sp³-hybridized carbons (Fsp3) is 0.588. The summed E-state index contributed by atoms with van der Waals surface area (Å²) >= 11 is 0. The molecule has 1 aromatic rings. The van der Waals surface area contributed by atoms with Crippen LogP contribution in [-0.2, 0) is 6.54 Å². The normalized spacial score (nSPS) is 21.4. The summed E-state index contributed by atoms with van der Waals surface area (Å²) in [4.78, 5) is 12.2. The SMILES string of the molecule is CCCC1CCC(NC(=O)c2ccc(CN)cc2)CC1.Cl. The number of nitrogens with one attached hydrogen (secondary N) is 1. The van der Waals surface area contributed by atoms with Gasteiger partial charge in [-0.2, -0.15) is 0 Å². The fourth-order valence-corrected chi connectivity index (χ4v) is 3.06. The molecule has 1 saturated carbocycles. The Kier molecular flexibility index (Phi) is 7.76. The molecule has 21 heavy (non-hydrogen) atoms. The highest BCUT2D eigenvalue weighted by Gasteiger charge is 2.22. The fourth-order valence-electron chi connectivity index (χ4n) is 3.06. The van der Waals surface area contributed by atoms with Crippen LogP contribution in [0.5, 0.6) is 0 Å². The Morgan fingerprint density at radius 2 is 1.81 bits per heavy atom. The number of carbonyl (C=O) groups excluding carboxylic acids is 1. The molecule has 0 unspecified atom stereocenters. The Labute approximate surface area is 134 Å². The molecule has 0 radical (unpaired) electrons. The van der Waals surface area contributed by atoms with Gasteiger partial charge in [-0.15, -0.1) is 12.4 Å². The predicted octanol–water partition coefficient (Wildman–Crippen LogP) is 3.66. The minimum atomic E-state index is 0. The van der Waals surface area contributed by atoms with E-state index in [0.29, 0.717) is 12.6 Å². The second-order valence-corrected chi connectivity index (χ2v) is 5.88. The minimum absolute atomic E-state index is 0. The first-order chi connectivity index (χ1) is 9.72. The van der Waals surface area contributed by atoms with E-state index in [-0.39, 0.29) is 18.3 Å². The lowest BCUT2D eigenvalue weighted by molar-refractivity contribution is 0.0921. The molecule has 1 aromatic carbocycles. The summed E-state index contributed by atoms with van der Waals surface area (Å²) in [7, 11) is 0. The third kappa shape index (κ3) is 5.33. The zero-order chi connectivity index (χ0) is 14.4. The Bertz CT molecular complexity index is 425. The molecule has 0 heterocycles. The molecule has 3 N–H and O–H groups in total. The summed E-state index contributed by atoms with van der Waals surface area (Å²) in [5, 5.41) is 3.17. The van der Waals surface area contributed by atoms with Gasteiger partial charge in [-0.25, -0.2) is 0 Å². The van der Waals surface area contributed by atoms with Crippen molar-refractivity contribution in [1.82, 2.24) is 5.32 Å². The topological polar surface area (TPSA) is 55.1 Å². The van der Waals surface area contributed by atoms with E-state index in [1.807, 2.05) is 24.3 Å². The van der Waals surface area contributed by atoms with E-state index in [2.05, 4.69) is 12.2 Å². The van der Waals surface area contributed by atoms with Crippen molar-refractivity contribution >= 4 is 18.3 Å². The first kappa shape index (κ1) is 18.0. The number of nitrogens with two attached hydrogens (primary N) is 1. The highest BCUT2D eigenvalue weighted by molar-refractivity contribution is 5.94. The molecule has 1 amide bonds. The number of hydrogen-bond donors (Lipinski definition) is 2. The lowest BCUT2D eigenvalue weighted by atomic mass is 9.83. The molecule has 0 atom stereocenters. The van der Waals surface area contributed by atoms with Crippen molar-refractivity contribution < 1.29 is 4.79 Å². The quantitative estimate of drug-likeness (QED) is 0.872. The summed E-state index contributed by atoms with van der Waals surface area (Å²) in [6, 6.07) is 7.92. The molecule has 3 nitrogen and oxygen atoms in total. The monoisotopic (exact) mass is 310 g/mol. The van der Waals surface area contributed by atoms with Gasteiger partial charge in [0.1, 0.15) is 0 Å². The van der Waals surface area contributed by atoms with Crippen LogP contribution in [0.3, 0.4) is 0 Å². The van der Waals surface area contributed by atoms with Gasteiger partial charge in [-0.1, -0.05) is 31.9 Å². The Morgan fingerprint density at radius 3 is 2.33 bits per heavy atom. The molecule has 1 aliphatic rings. The van der Waals surface area contributed by atoms with Crippen molar-refractivity contribution in [2.45, 2.75) is 58.0 Å². The zero-order valence-electron chi connectivity index (χ0n) is 12.8. The highest BCUT2D eigenvalue weighted by Crippen LogP contribution is 2.27. The number of carbonyl (C=O) groups is 1. The Balaban J connectivity index is 0.00000220. The molecule has 4 heteroatoms. The van der Waals surface area contributed by atoms with Crippen molar-refractivity contribution in [3.8, 4) is 0 Å². The van der Waals surface area contributed by atoms with Crippen LogP contribution >= 0.6 is 12.4 Å². The third-order valence-corrected chi connectivity index (χ3v) is 4.33. The van der Waals surface area contributed by atoms with E-state index in [1.165, 1.54) is 25.7 Å². The van der Waals surface area contributed by atoms with E-state index in [1.54, 1.807) is 0 Å². The number of amides is 1. The number of hydrogen-bond acceptors (Lipinski definition) is 2. The standard InChI is InChI=1S/C17H26N2O.ClH/c1-2-3-13-6-10-16(11-7-13)19-17(20)15-8-4-14(12-18)5-9-15;/h4-5,8-9,13,16H,2-3,6-7,10-12,18H2,1H3,(H,19,20);1H. The number of benzene rings is 1. The van der Waals surface area contributed by atoms with Crippen LogP contribution in [0.2, 0.25) is 0 Å². The van der Waals surface area contributed by atoms with Crippen LogP contribution in [0.1, 0.15) is 61.4 Å². The summed E-state index contributed by atoms with van der Waals surface area (Å²) in [6.45, 7) is 2.77. The third-order valence-electron chi connectivity index (χ3n) is 4.33. The van der Waals surface area contributed by atoms with E-state index in [0.717, 1.165) is 29.9 Å². The predicted molar refractivity (Wildman–Crippen MR) is 89.7 cm³/mol. The average molecular weight is 311 g/mol. The molecular weight excluding hydrogens is 284 g/mol. The maximum atomic E-state index is 12.2. The van der Waals surface area contributed by atoms with Crippen LogP contribution in [-0.4, -0.2) is 11.9 Å². The zero-order valence-corrected chi connectivity index (χ0v) is 13.6. The summed E-state index contributed by atoms with van der Waals surface area (Å²) in [5.41, 5.74) is 7.35. The van der Waals surface area contributed by atoms with Gasteiger partial charge >= 0.3 is 0 Å². The Hall–Kier alpha value is -1.06. The summed E-state index contributed by atoms with van der Waals surface area (Å²) in [5.74, 6) is 0.921. The first-order valence-corrected chi connectivity index (χ1v) is 7.82. The largest absolute Gasteiger partial charge is 0.349 e. The molecule has 2 rings (SSSR count). The first-order valence-electron chi connectivity index (χ1n) is 7.82. The van der Waals surface area contributed by atoms with Crippen LogP contribution in [0.25, 0.3) is 0 Å². The molecular formula is C17H27ClN2O. The average Bonchev–Trinajstić information content (AvgIpc) is 2.49. The van der Waals surface area contributed by atoms with Crippen molar-refractivity contribution in [2.75, 3.05) is 0 Å². The maximum absolute atomic E-state index is 12.2. The van der Waals surface area contributed by atoms with Crippen molar-refractivity contribution in [3.05, 3.63) is 35.4 Å². The summed E-state index contributed by atoms with van der Waals surface area (Å²) < 4.78 is 0. The van der Waals surface area contributed by atoms with E-state index in [9.17, 15) is 4.79 Å². The van der Waals surface area contributed by atoms with Crippen LogP contribution < -0.4 is 11.1 Å². The molecule has 1 aliphatic carbocycles. The van der Waals surface area contributed by atoms with Crippen LogP contribution in [0, 0.1) is 5.92 Å². The van der Waals surface area contributed by atoms with Gasteiger partial charge in [0.05, 0.1) is 0 Å². The molecule has 0 bridgehead atoms. The molecule has 0 saturated heterocycles. The van der Waals surface area contributed by atoms with E-state index < -0.39 is 0 Å². The molecule has 118 valence electrons. The van der Waals surface area contributed by atoms with Crippen LogP contribution in [0.4, 0.5) is 0 Å². The summed E-state index contributed by atoms with van der Waals surface area (Å²) in [6.07, 6.45) is 7.36. The lowest BCUT2D eigenvalue weighted by Crippen LogP contribution is -2.37. The second kappa shape index (κ2) is 9.06. The van der Waals surface area contributed by atoms with Gasteiger partial charge in [0, 0.05) is 18.2 Å². The van der Waals surface area contributed by atoms with Gasteiger partial charge in [0.15, 0.2) is 0 Å². The number of rotatable bonds is 5. The maximum Gasteiger partial charge on any atom is 0.251 e. The molecule has 0 aromatic heterocycles.